The third-order valence-electron chi connectivity index (χ3n) is 4.63. The maximum Gasteiger partial charge on any atom is 0.290 e. The van der Waals surface area contributed by atoms with Crippen LogP contribution in [-0.4, -0.2) is 25.7 Å². The van der Waals surface area contributed by atoms with Crippen LogP contribution in [0, 0.1) is 12.7 Å². The Balaban J connectivity index is 1.59. The van der Waals surface area contributed by atoms with Gasteiger partial charge in [-0.1, -0.05) is 35.9 Å². The fraction of sp³-hybridized carbons (Fsp3) is 0.286. The Morgan fingerprint density at radius 2 is 2.00 bits per heavy atom. The van der Waals surface area contributed by atoms with E-state index < -0.39 is 18.3 Å². The lowest BCUT2D eigenvalue weighted by Gasteiger charge is -2.19. The molecule has 1 aliphatic rings. The number of fused-ring (bicyclic) bond motifs is 1. The molecule has 0 atom stereocenters. The first kappa shape index (κ1) is 21.4. The average molecular weight is 419 g/mol. The van der Waals surface area contributed by atoms with E-state index in [1.54, 1.807) is 25.1 Å². The number of oxime groups is 1. The number of halogens is 3. The minimum atomic E-state index is -3.13. The highest BCUT2D eigenvalue weighted by Gasteiger charge is 2.32. The van der Waals surface area contributed by atoms with Gasteiger partial charge in [0.05, 0.1) is 18.8 Å². The maximum atomic E-state index is 14.9. The number of nitrogens with one attached hydrogen (secondary N) is 2. The Kier molecular flexibility index (Phi) is 6.39. The van der Waals surface area contributed by atoms with Gasteiger partial charge in [0.25, 0.3) is 5.92 Å². The molecule has 0 saturated heterocycles. The van der Waals surface area contributed by atoms with Crippen molar-refractivity contribution in [3.05, 3.63) is 70.2 Å². The smallest absolute Gasteiger partial charge is 0.290 e. The van der Waals surface area contributed by atoms with Crippen molar-refractivity contribution < 1.29 is 18.0 Å². The maximum absolute atomic E-state index is 14.9. The Labute approximate surface area is 172 Å². The zero-order chi connectivity index (χ0) is 21.7. The zero-order valence-corrected chi connectivity index (χ0v) is 16.5. The highest BCUT2D eigenvalue weighted by molar-refractivity contribution is 5.74. The average Bonchev–Trinajstić information content (AvgIpc) is 3.11. The van der Waals surface area contributed by atoms with Gasteiger partial charge < -0.3 is 26.9 Å². The minimum Gasteiger partial charge on any atom is -0.391 e. The first-order chi connectivity index (χ1) is 14.3. The summed E-state index contributed by atoms with van der Waals surface area (Å²) in [7, 11) is 0. The van der Waals surface area contributed by atoms with E-state index in [1.165, 1.54) is 18.2 Å². The predicted molar refractivity (Wildman–Crippen MR) is 111 cm³/mol. The monoisotopic (exact) mass is 419 g/mol. The van der Waals surface area contributed by atoms with Gasteiger partial charge in [0, 0.05) is 23.2 Å². The Hall–Kier alpha value is -3.36. The molecule has 3 rings (SSSR count). The summed E-state index contributed by atoms with van der Waals surface area (Å²) < 4.78 is 43.9. The molecule has 9 heteroatoms. The lowest BCUT2D eigenvalue weighted by atomic mass is 10.0. The van der Waals surface area contributed by atoms with Crippen LogP contribution in [0.25, 0.3) is 6.08 Å². The number of aryl methyl sites for hydroxylation is 1. The van der Waals surface area contributed by atoms with Crippen LogP contribution < -0.4 is 22.1 Å². The van der Waals surface area contributed by atoms with Crippen LogP contribution in [-0.2, 0) is 17.2 Å². The molecule has 2 aromatic carbocycles. The van der Waals surface area contributed by atoms with E-state index in [9.17, 15) is 13.2 Å². The van der Waals surface area contributed by atoms with Crippen LogP contribution >= 0.6 is 0 Å². The van der Waals surface area contributed by atoms with E-state index >= 15 is 0 Å². The molecular weight excluding hydrogens is 395 g/mol. The first-order valence-corrected chi connectivity index (χ1v) is 9.42. The Bertz CT molecular complexity index is 971. The molecule has 0 saturated carbocycles. The predicted octanol–water partition coefficient (Wildman–Crippen LogP) is 3.03. The van der Waals surface area contributed by atoms with Gasteiger partial charge in [-0.3, -0.25) is 0 Å². The lowest BCUT2D eigenvalue weighted by Crippen LogP contribution is -2.25. The van der Waals surface area contributed by atoms with Crippen molar-refractivity contribution in [3.63, 3.8) is 0 Å². The number of hydrogen-bond donors (Lipinski definition) is 4. The van der Waals surface area contributed by atoms with Gasteiger partial charge in [-0.15, -0.1) is 0 Å². The van der Waals surface area contributed by atoms with Crippen molar-refractivity contribution in [1.82, 2.24) is 5.32 Å². The number of allylic oxidation sites excluding steroid dienone is 1. The quantitative estimate of drug-likeness (QED) is 0.217. The zero-order valence-electron chi connectivity index (χ0n) is 16.5. The van der Waals surface area contributed by atoms with Crippen molar-refractivity contribution in [1.29, 1.82) is 0 Å². The highest BCUT2D eigenvalue weighted by Crippen LogP contribution is 2.33. The number of anilines is 1. The van der Waals surface area contributed by atoms with Gasteiger partial charge in [-0.05, 0) is 29.8 Å². The summed E-state index contributed by atoms with van der Waals surface area (Å²) in [5, 5.41) is 9.07. The third kappa shape index (κ3) is 5.16. The van der Waals surface area contributed by atoms with Crippen molar-refractivity contribution >= 4 is 17.7 Å². The normalized spacial score (nSPS) is 12.7. The minimum absolute atomic E-state index is 0.0480. The van der Waals surface area contributed by atoms with E-state index in [0.717, 1.165) is 11.3 Å². The van der Waals surface area contributed by atoms with Crippen molar-refractivity contribution in [3.8, 4) is 0 Å². The molecule has 0 spiro atoms. The molecule has 0 amide bonds. The van der Waals surface area contributed by atoms with Crippen LogP contribution in [0.5, 0.6) is 0 Å². The standard InChI is InChI=1S/C21H24F3N5O/c1-13-3-2-4-15(9-13)21(23,24)12-28-18-6-5-14-10-16(11-17(14)19(18)22)27-7-8-30-29-20(25)26/h2-6,9-10,27-28H,7-8,11-12H2,1H3,(H4,25,26,29). The molecule has 6 nitrogen and oxygen atoms in total. The van der Waals surface area contributed by atoms with Crippen LogP contribution in [0.3, 0.4) is 0 Å². The molecule has 0 fully saturated rings. The molecule has 1 aliphatic carbocycles. The SMILES string of the molecule is Cc1cccc(C(F)(F)CNc2ccc3c(c2F)CC(NCCON=C(N)N)=C3)c1. The van der Waals surface area contributed by atoms with E-state index in [-0.39, 0.29) is 23.8 Å². The van der Waals surface area contributed by atoms with Crippen LogP contribution in [0.2, 0.25) is 0 Å². The molecule has 0 radical (unpaired) electrons. The molecule has 2 aromatic rings. The molecule has 0 bridgehead atoms. The fourth-order valence-corrected chi connectivity index (χ4v) is 3.19. The summed E-state index contributed by atoms with van der Waals surface area (Å²) in [6.07, 6.45) is 2.14. The van der Waals surface area contributed by atoms with Crippen LogP contribution in [0.15, 0.2) is 47.3 Å². The number of benzene rings is 2. The van der Waals surface area contributed by atoms with E-state index in [0.29, 0.717) is 24.1 Å². The Morgan fingerprint density at radius 3 is 2.73 bits per heavy atom. The number of hydrogen-bond acceptors (Lipinski definition) is 4. The number of rotatable bonds is 9. The molecule has 0 unspecified atom stereocenters. The van der Waals surface area contributed by atoms with Gasteiger partial charge in [-0.2, -0.15) is 8.78 Å². The first-order valence-electron chi connectivity index (χ1n) is 9.42. The van der Waals surface area contributed by atoms with Gasteiger partial charge >= 0.3 is 0 Å². The van der Waals surface area contributed by atoms with Crippen LogP contribution in [0.1, 0.15) is 22.3 Å². The van der Waals surface area contributed by atoms with Crippen molar-refractivity contribution in [2.75, 3.05) is 25.0 Å². The summed E-state index contributed by atoms with van der Waals surface area (Å²) in [4.78, 5) is 4.88. The molecular formula is C21H24F3N5O. The van der Waals surface area contributed by atoms with Gasteiger partial charge in [-0.25, -0.2) is 4.39 Å². The van der Waals surface area contributed by atoms with Gasteiger partial charge in [0.2, 0.25) is 5.96 Å². The third-order valence-corrected chi connectivity index (χ3v) is 4.63. The number of guanidine groups is 1. The summed E-state index contributed by atoms with van der Waals surface area (Å²) in [6, 6.07) is 9.31. The second kappa shape index (κ2) is 8.98. The molecule has 0 aliphatic heterocycles. The number of nitrogens with two attached hydrogens (primary N) is 2. The second-order valence-corrected chi connectivity index (χ2v) is 7.04. The summed E-state index contributed by atoms with van der Waals surface area (Å²) in [6.45, 7) is 1.70. The largest absolute Gasteiger partial charge is 0.391 e. The summed E-state index contributed by atoms with van der Waals surface area (Å²) in [5.74, 6) is -3.83. The number of nitrogens with zero attached hydrogens (tertiary/aromatic N) is 1. The van der Waals surface area contributed by atoms with Crippen molar-refractivity contribution in [2.45, 2.75) is 19.3 Å². The molecule has 160 valence electrons. The number of alkyl halides is 2. The van der Waals surface area contributed by atoms with Gasteiger partial charge in [0.1, 0.15) is 12.4 Å². The topological polar surface area (TPSA) is 97.7 Å². The van der Waals surface area contributed by atoms with E-state index in [2.05, 4.69) is 15.8 Å². The molecule has 0 aromatic heterocycles. The second-order valence-electron chi connectivity index (χ2n) is 7.04. The fourth-order valence-electron chi connectivity index (χ4n) is 3.19. The summed E-state index contributed by atoms with van der Waals surface area (Å²) >= 11 is 0. The highest BCUT2D eigenvalue weighted by atomic mass is 19.3. The van der Waals surface area contributed by atoms with Crippen molar-refractivity contribution in [2.24, 2.45) is 16.6 Å². The lowest BCUT2D eigenvalue weighted by molar-refractivity contribution is 0.0105. The van der Waals surface area contributed by atoms with E-state index in [1.807, 2.05) is 6.08 Å². The molecule has 6 N–H and O–H groups in total. The molecule has 0 heterocycles. The molecule has 30 heavy (non-hydrogen) atoms. The van der Waals surface area contributed by atoms with Crippen LogP contribution in [0.4, 0.5) is 18.9 Å². The summed E-state index contributed by atoms with van der Waals surface area (Å²) in [5.41, 5.74) is 12.9. The van der Waals surface area contributed by atoms with E-state index in [4.69, 9.17) is 16.3 Å². The van der Waals surface area contributed by atoms with Gasteiger partial charge in [0.15, 0.2) is 0 Å². The Morgan fingerprint density at radius 1 is 1.20 bits per heavy atom.